The Hall–Kier alpha value is -2.69. The number of ketones is 1. The van der Waals surface area contributed by atoms with E-state index in [1.165, 1.54) is 5.56 Å². The molecule has 0 bridgehead atoms. The lowest BCUT2D eigenvalue weighted by Gasteiger charge is -2.00. The van der Waals surface area contributed by atoms with Crippen LogP contribution >= 0.6 is 0 Å². The van der Waals surface area contributed by atoms with Crippen molar-refractivity contribution in [3.8, 4) is 0 Å². The van der Waals surface area contributed by atoms with Crippen LogP contribution in [0.3, 0.4) is 0 Å². The van der Waals surface area contributed by atoms with E-state index in [2.05, 4.69) is 22.4 Å². The predicted molar refractivity (Wildman–Crippen MR) is 86.4 cm³/mol. The fourth-order valence-corrected chi connectivity index (χ4v) is 2.32. The highest BCUT2D eigenvalue weighted by Gasteiger charge is 2.16. The highest BCUT2D eigenvalue weighted by molar-refractivity contribution is 5.94. The molecule has 1 aromatic carbocycles. The Morgan fingerprint density at radius 3 is 2.70 bits per heavy atom. The van der Waals surface area contributed by atoms with E-state index in [9.17, 15) is 4.79 Å². The lowest BCUT2D eigenvalue weighted by Crippen LogP contribution is -2.02. The molecule has 5 heteroatoms. The minimum absolute atomic E-state index is 0.0799. The van der Waals surface area contributed by atoms with Gasteiger partial charge in [-0.25, -0.2) is 0 Å². The number of rotatable bonds is 6. The van der Waals surface area contributed by atoms with Crippen LogP contribution in [0.1, 0.15) is 47.1 Å². The van der Waals surface area contributed by atoms with E-state index in [0.29, 0.717) is 12.3 Å². The first kappa shape index (κ1) is 15.2. The molecule has 0 atom stereocenters. The first-order valence-electron chi connectivity index (χ1n) is 7.67. The number of carbonyl (C=O) groups excluding carboxylic acids is 1. The molecule has 0 unspecified atom stereocenters. The van der Waals surface area contributed by atoms with Gasteiger partial charge in [-0.3, -0.25) is 9.48 Å². The van der Waals surface area contributed by atoms with Crippen molar-refractivity contribution in [3.63, 3.8) is 0 Å². The molecule has 0 saturated carbocycles. The summed E-state index contributed by atoms with van der Waals surface area (Å²) < 4.78 is 6.97. The van der Waals surface area contributed by atoms with Crippen LogP contribution in [0.15, 0.2) is 53.3 Å². The Morgan fingerprint density at radius 1 is 1.22 bits per heavy atom. The van der Waals surface area contributed by atoms with E-state index in [1.54, 1.807) is 12.3 Å². The smallest absolute Gasteiger partial charge is 0.205 e. The summed E-state index contributed by atoms with van der Waals surface area (Å²) in [5.74, 6) is 0.474. The number of hydrogen-bond acceptors (Lipinski definition) is 4. The zero-order valence-electron chi connectivity index (χ0n) is 13.3. The molecule has 0 saturated heterocycles. The van der Waals surface area contributed by atoms with Gasteiger partial charge in [-0.05, 0) is 17.0 Å². The molecule has 2 heterocycles. The number of nitrogens with zero attached hydrogens (tertiary/aromatic N) is 3. The van der Waals surface area contributed by atoms with E-state index in [1.807, 2.05) is 42.9 Å². The molecule has 0 aliphatic heterocycles. The van der Waals surface area contributed by atoms with Gasteiger partial charge in [-0.2, -0.15) is 5.10 Å². The zero-order chi connectivity index (χ0) is 16.2. The summed E-state index contributed by atoms with van der Waals surface area (Å²) in [5.41, 5.74) is 2.84. The van der Waals surface area contributed by atoms with E-state index >= 15 is 0 Å². The second-order valence-corrected chi connectivity index (χ2v) is 5.90. The van der Waals surface area contributed by atoms with Gasteiger partial charge in [0.05, 0.1) is 18.4 Å². The maximum absolute atomic E-state index is 12.2. The van der Waals surface area contributed by atoms with E-state index < -0.39 is 0 Å². The maximum Gasteiger partial charge on any atom is 0.205 e. The predicted octanol–water partition coefficient (Wildman–Crippen LogP) is 3.47. The SMILES string of the molecule is CC(C)c1cc(C(=O)Cc2cnn(Cc3ccccc3)c2)on1. The third kappa shape index (κ3) is 3.74. The van der Waals surface area contributed by atoms with Crippen LogP contribution in [0.4, 0.5) is 0 Å². The molecule has 0 fully saturated rings. The minimum Gasteiger partial charge on any atom is -0.353 e. The van der Waals surface area contributed by atoms with Crippen molar-refractivity contribution >= 4 is 5.78 Å². The van der Waals surface area contributed by atoms with Gasteiger partial charge in [0, 0.05) is 18.7 Å². The van der Waals surface area contributed by atoms with Gasteiger partial charge in [0.1, 0.15) is 0 Å². The molecule has 3 aromatic rings. The van der Waals surface area contributed by atoms with Gasteiger partial charge >= 0.3 is 0 Å². The number of aromatic nitrogens is 3. The molecular weight excluding hydrogens is 290 g/mol. The van der Waals surface area contributed by atoms with Crippen LogP contribution in [0.25, 0.3) is 0 Å². The van der Waals surface area contributed by atoms with Crippen molar-refractivity contribution in [1.82, 2.24) is 14.9 Å². The van der Waals surface area contributed by atoms with Gasteiger partial charge in [0.25, 0.3) is 0 Å². The Kier molecular flexibility index (Phi) is 4.37. The average molecular weight is 309 g/mol. The third-order valence-corrected chi connectivity index (χ3v) is 3.63. The summed E-state index contributed by atoms with van der Waals surface area (Å²) in [7, 11) is 0. The summed E-state index contributed by atoms with van der Waals surface area (Å²) in [6, 6.07) is 11.8. The normalized spacial score (nSPS) is 11.1. The van der Waals surface area contributed by atoms with Crippen LogP contribution < -0.4 is 0 Å². The van der Waals surface area contributed by atoms with Crippen molar-refractivity contribution in [3.05, 3.63) is 71.4 Å². The summed E-state index contributed by atoms with van der Waals surface area (Å²) >= 11 is 0. The van der Waals surface area contributed by atoms with Crippen LogP contribution in [0, 0.1) is 0 Å². The summed E-state index contributed by atoms with van der Waals surface area (Å²) in [6.45, 7) is 4.72. The molecule has 0 aliphatic carbocycles. The number of hydrogen-bond donors (Lipinski definition) is 0. The molecular formula is C18H19N3O2. The van der Waals surface area contributed by atoms with Crippen molar-refractivity contribution in [1.29, 1.82) is 0 Å². The standard InChI is InChI=1S/C18H19N3O2/c1-13(2)16-9-18(23-20-16)17(22)8-15-10-19-21(12-15)11-14-6-4-3-5-7-14/h3-7,9-10,12-13H,8,11H2,1-2H3. The van der Waals surface area contributed by atoms with Gasteiger partial charge in [0.15, 0.2) is 0 Å². The molecule has 23 heavy (non-hydrogen) atoms. The van der Waals surface area contributed by atoms with Crippen LogP contribution in [0.2, 0.25) is 0 Å². The molecule has 5 nitrogen and oxygen atoms in total. The largest absolute Gasteiger partial charge is 0.353 e. The Balaban J connectivity index is 1.65. The van der Waals surface area contributed by atoms with Gasteiger partial charge in [-0.1, -0.05) is 49.3 Å². The van der Waals surface area contributed by atoms with E-state index in [0.717, 1.165) is 11.3 Å². The topological polar surface area (TPSA) is 60.9 Å². The molecule has 0 N–H and O–H groups in total. The summed E-state index contributed by atoms with van der Waals surface area (Å²) in [5, 5.41) is 8.23. The highest BCUT2D eigenvalue weighted by atomic mass is 16.5. The second-order valence-electron chi connectivity index (χ2n) is 5.90. The molecule has 0 spiro atoms. The highest BCUT2D eigenvalue weighted by Crippen LogP contribution is 2.16. The molecule has 0 amide bonds. The Bertz CT molecular complexity index is 787. The lowest BCUT2D eigenvalue weighted by molar-refractivity contribution is 0.0957. The number of Topliss-reactive ketones (excluding diaryl/α,β-unsaturated/α-hetero) is 1. The first-order chi connectivity index (χ1) is 11.1. The quantitative estimate of drug-likeness (QED) is 0.654. The Labute approximate surface area is 134 Å². The minimum atomic E-state index is -0.0799. The van der Waals surface area contributed by atoms with Gasteiger partial charge in [0.2, 0.25) is 11.5 Å². The van der Waals surface area contributed by atoms with Crippen molar-refractivity contribution in [2.24, 2.45) is 0 Å². The molecule has 3 rings (SSSR count). The lowest BCUT2D eigenvalue weighted by atomic mass is 10.1. The van der Waals surface area contributed by atoms with Crippen molar-refractivity contribution in [2.75, 3.05) is 0 Å². The molecule has 0 aliphatic rings. The number of benzene rings is 1. The van der Waals surface area contributed by atoms with Crippen LogP contribution in [-0.2, 0) is 13.0 Å². The van der Waals surface area contributed by atoms with Crippen molar-refractivity contribution in [2.45, 2.75) is 32.7 Å². The fraction of sp³-hybridized carbons (Fsp3) is 0.278. The zero-order valence-corrected chi connectivity index (χ0v) is 13.3. The monoisotopic (exact) mass is 309 g/mol. The van der Waals surface area contributed by atoms with Gasteiger partial charge < -0.3 is 4.52 Å². The Morgan fingerprint density at radius 2 is 2.00 bits per heavy atom. The van der Waals surface area contributed by atoms with Crippen molar-refractivity contribution < 1.29 is 9.32 Å². The molecule has 0 radical (unpaired) electrons. The molecule has 2 aromatic heterocycles. The third-order valence-electron chi connectivity index (χ3n) is 3.63. The van der Waals surface area contributed by atoms with Gasteiger partial charge in [-0.15, -0.1) is 0 Å². The average Bonchev–Trinajstić information content (AvgIpc) is 3.18. The summed E-state index contributed by atoms with van der Waals surface area (Å²) in [4.78, 5) is 12.2. The fourth-order valence-electron chi connectivity index (χ4n) is 2.32. The van der Waals surface area contributed by atoms with E-state index in [-0.39, 0.29) is 18.1 Å². The van der Waals surface area contributed by atoms with Crippen LogP contribution in [0.5, 0.6) is 0 Å². The first-order valence-corrected chi connectivity index (χ1v) is 7.67. The molecule has 118 valence electrons. The summed E-state index contributed by atoms with van der Waals surface area (Å²) in [6.07, 6.45) is 3.88. The second kappa shape index (κ2) is 6.60. The van der Waals surface area contributed by atoms with Crippen LogP contribution in [-0.4, -0.2) is 20.7 Å². The van der Waals surface area contributed by atoms with E-state index in [4.69, 9.17) is 4.52 Å². The maximum atomic E-state index is 12.2. The number of carbonyl (C=O) groups is 1.